The molecule has 0 bridgehead atoms. The summed E-state index contributed by atoms with van der Waals surface area (Å²) in [5, 5.41) is 2.77. The molecule has 24 heavy (non-hydrogen) atoms. The lowest BCUT2D eigenvalue weighted by atomic mass is 9.90. The molecule has 4 aromatic rings. The van der Waals surface area contributed by atoms with Crippen LogP contribution in [0, 0.1) is 0 Å². The van der Waals surface area contributed by atoms with Crippen molar-refractivity contribution in [2.75, 3.05) is 0 Å². The van der Waals surface area contributed by atoms with Crippen molar-refractivity contribution < 1.29 is 0 Å². The molecule has 0 heterocycles. The Morgan fingerprint density at radius 3 is 2.08 bits per heavy atom. The first-order chi connectivity index (χ1) is 11.8. The van der Waals surface area contributed by atoms with Crippen molar-refractivity contribution in [1.82, 2.24) is 0 Å². The van der Waals surface area contributed by atoms with Crippen LogP contribution >= 0.6 is 0 Å². The predicted octanol–water partition coefficient (Wildman–Crippen LogP) is 6.62. The topological polar surface area (TPSA) is 0 Å². The van der Waals surface area contributed by atoms with Crippen LogP contribution < -0.4 is 0 Å². The van der Waals surface area contributed by atoms with E-state index < -0.39 is 0 Å². The Hall–Kier alpha value is -2.86. The highest BCUT2D eigenvalue weighted by molar-refractivity contribution is 6.16. The molecule has 0 amide bonds. The average molecular weight is 304 g/mol. The van der Waals surface area contributed by atoms with Crippen LogP contribution in [-0.4, -0.2) is 0 Å². The summed E-state index contributed by atoms with van der Waals surface area (Å²) in [7, 11) is 0. The van der Waals surface area contributed by atoms with E-state index in [2.05, 4.69) is 79.7 Å². The fourth-order valence-electron chi connectivity index (χ4n) is 4.80. The maximum atomic E-state index is 2.34. The Morgan fingerprint density at radius 1 is 0.542 bits per heavy atom. The van der Waals surface area contributed by atoms with Crippen molar-refractivity contribution >= 4 is 10.8 Å². The lowest BCUT2D eigenvalue weighted by Crippen LogP contribution is -1.92. The second-order valence-corrected chi connectivity index (χ2v) is 6.97. The highest BCUT2D eigenvalue weighted by atomic mass is 14.4. The first kappa shape index (κ1) is 12.5. The first-order valence-corrected chi connectivity index (χ1v) is 8.63. The fourth-order valence-corrected chi connectivity index (χ4v) is 4.80. The van der Waals surface area contributed by atoms with Gasteiger partial charge in [0.25, 0.3) is 0 Å². The van der Waals surface area contributed by atoms with Gasteiger partial charge in [0.15, 0.2) is 0 Å². The molecule has 0 nitrogen and oxygen atoms in total. The van der Waals surface area contributed by atoms with E-state index in [-0.39, 0.29) is 0 Å². The fraction of sp³-hybridized carbons (Fsp3) is 0.0833. The average Bonchev–Trinajstić information content (AvgIpc) is 2.86. The van der Waals surface area contributed by atoms with Gasteiger partial charge >= 0.3 is 0 Å². The minimum atomic E-state index is 0.470. The lowest BCUT2D eigenvalue weighted by molar-refractivity contribution is 0.958. The molecule has 0 saturated heterocycles. The van der Waals surface area contributed by atoms with E-state index in [0.29, 0.717) is 5.92 Å². The summed E-state index contributed by atoms with van der Waals surface area (Å²) < 4.78 is 0. The van der Waals surface area contributed by atoms with Gasteiger partial charge in [-0.3, -0.25) is 0 Å². The molecule has 0 aromatic heterocycles. The third-order valence-electron chi connectivity index (χ3n) is 5.86. The maximum Gasteiger partial charge on any atom is 0.00737 e. The minimum absolute atomic E-state index is 0.470. The standard InChI is InChI=1S/C24H16/c1-14-16-9-5-11-21-19-8-3-2-7-18(19)20-10-4-6-15-12-13-17(14)24(22(15)20)23(16)21/h2-14H,1H3. The summed E-state index contributed by atoms with van der Waals surface area (Å²) >= 11 is 0. The minimum Gasteiger partial charge on any atom is -0.0616 e. The van der Waals surface area contributed by atoms with Gasteiger partial charge in [-0.1, -0.05) is 79.7 Å². The Labute approximate surface area is 141 Å². The smallest absolute Gasteiger partial charge is 0.00737 e. The predicted molar refractivity (Wildman–Crippen MR) is 101 cm³/mol. The normalized spacial score (nSPS) is 16.1. The summed E-state index contributed by atoms with van der Waals surface area (Å²) in [6.07, 6.45) is 0. The molecule has 0 aliphatic heterocycles. The highest BCUT2D eigenvalue weighted by Crippen LogP contribution is 2.56. The van der Waals surface area contributed by atoms with E-state index in [9.17, 15) is 0 Å². The molecule has 4 aromatic carbocycles. The van der Waals surface area contributed by atoms with Crippen LogP contribution in [0.2, 0.25) is 0 Å². The molecular weight excluding hydrogens is 288 g/mol. The largest absolute Gasteiger partial charge is 0.0616 e. The van der Waals surface area contributed by atoms with Crippen molar-refractivity contribution in [1.29, 1.82) is 0 Å². The molecule has 0 radical (unpaired) electrons. The molecule has 1 unspecified atom stereocenters. The highest BCUT2D eigenvalue weighted by Gasteiger charge is 2.32. The first-order valence-electron chi connectivity index (χ1n) is 8.63. The number of rotatable bonds is 0. The van der Waals surface area contributed by atoms with E-state index in [1.54, 1.807) is 0 Å². The number of hydrogen-bond acceptors (Lipinski definition) is 0. The van der Waals surface area contributed by atoms with Gasteiger partial charge in [-0.15, -0.1) is 0 Å². The zero-order chi connectivity index (χ0) is 15.8. The Balaban J connectivity index is 1.98. The Kier molecular flexibility index (Phi) is 2.17. The molecule has 6 rings (SSSR count). The summed E-state index contributed by atoms with van der Waals surface area (Å²) in [4.78, 5) is 0. The van der Waals surface area contributed by atoms with Crippen LogP contribution in [0.5, 0.6) is 0 Å². The summed E-state index contributed by atoms with van der Waals surface area (Å²) in [5.74, 6) is 0.470. The van der Waals surface area contributed by atoms with Crippen molar-refractivity contribution in [3.05, 3.63) is 83.9 Å². The Bertz CT molecular complexity index is 1160. The SMILES string of the molecule is CC1c2cccc3c2-c2c1ccc1cccc(c21)-c1ccccc1-3. The molecular formula is C24H16. The van der Waals surface area contributed by atoms with Crippen LogP contribution in [-0.2, 0) is 0 Å². The van der Waals surface area contributed by atoms with Gasteiger partial charge < -0.3 is 0 Å². The van der Waals surface area contributed by atoms with Crippen molar-refractivity contribution in [2.45, 2.75) is 12.8 Å². The van der Waals surface area contributed by atoms with Crippen LogP contribution in [0.15, 0.2) is 72.8 Å². The van der Waals surface area contributed by atoms with E-state index >= 15 is 0 Å². The molecule has 1 atom stereocenters. The van der Waals surface area contributed by atoms with Gasteiger partial charge in [-0.05, 0) is 55.3 Å². The van der Waals surface area contributed by atoms with Gasteiger partial charge in [0.05, 0.1) is 0 Å². The van der Waals surface area contributed by atoms with Crippen LogP contribution in [0.3, 0.4) is 0 Å². The van der Waals surface area contributed by atoms with Crippen LogP contribution in [0.1, 0.15) is 24.0 Å². The Morgan fingerprint density at radius 2 is 1.21 bits per heavy atom. The van der Waals surface area contributed by atoms with E-state index in [4.69, 9.17) is 0 Å². The van der Waals surface area contributed by atoms with Crippen LogP contribution in [0.4, 0.5) is 0 Å². The number of benzene rings is 4. The van der Waals surface area contributed by atoms with E-state index in [0.717, 1.165) is 0 Å². The summed E-state index contributed by atoms with van der Waals surface area (Å²) in [6, 6.07) is 27.1. The van der Waals surface area contributed by atoms with E-state index in [1.807, 2.05) is 0 Å². The zero-order valence-corrected chi connectivity index (χ0v) is 13.5. The lowest BCUT2D eigenvalue weighted by Gasteiger charge is -2.13. The molecule has 2 aliphatic rings. The van der Waals surface area contributed by atoms with Gasteiger partial charge in [0, 0.05) is 5.92 Å². The van der Waals surface area contributed by atoms with E-state index in [1.165, 1.54) is 55.3 Å². The monoisotopic (exact) mass is 304 g/mol. The number of hydrogen-bond donors (Lipinski definition) is 0. The molecule has 2 aliphatic carbocycles. The molecule has 0 heteroatoms. The van der Waals surface area contributed by atoms with Gasteiger partial charge in [0.1, 0.15) is 0 Å². The summed E-state index contributed by atoms with van der Waals surface area (Å²) in [5.41, 5.74) is 11.4. The molecule has 0 spiro atoms. The quantitative estimate of drug-likeness (QED) is 0.301. The zero-order valence-electron chi connectivity index (χ0n) is 13.5. The van der Waals surface area contributed by atoms with Crippen LogP contribution in [0.25, 0.3) is 44.2 Å². The molecule has 112 valence electrons. The van der Waals surface area contributed by atoms with Crippen molar-refractivity contribution in [2.24, 2.45) is 0 Å². The van der Waals surface area contributed by atoms with Crippen molar-refractivity contribution in [3.8, 4) is 33.4 Å². The summed E-state index contributed by atoms with van der Waals surface area (Å²) in [6.45, 7) is 2.34. The number of fused-ring (bicyclic) bond motifs is 3. The molecule has 0 fully saturated rings. The van der Waals surface area contributed by atoms with Gasteiger partial charge in [0.2, 0.25) is 0 Å². The van der Waals surface area contributed by atoms with Gasteiger partial charge in [-0.25, -0.2) is 0 Å². The molecule has 0 saturated carbocycles. The second-order valence-electron chi connectivity index (χ2n) is 6.97. The maximum absolute atomic E-state index is 2.34. The van der Waals surface area contributed by atoms with Crippen molar-refractivity contribution in [3.63, 3.8) is 0 Å². The molecule has 0 N–H and O–H groups in total. The second kappa shape index (κ2) is 4.15. The third kappa shape index (κ3) is 1.32. The van der Waals surface area contributed by atoms with Gasteiger partial charge in [-0.2, -0.15) is 0 Å². The third-order valence-corrected chi connectivity index (χ3v) is 5.86.